The minimum absolute atomic E-state index is 0.574. The van der Waals surface area contributed by atoms with E-state index in [4.69, 9.17) is 10.2 Å². The summed E-state index contributed by atoms with van der Waals surface area (Å²) in [6, 6.07) is 6.83. The average Bonchev–Trinajstić information content (AvgIpc) is 3.06. The van der Waals surface area contributed by atoms with E-state index >= 15 is 0 Å². The summed E-state index contributed by atoms with van der Waals surface area (Å²) in [5.41, 5.74) is 8.01. The molecule has 1 aromatic heterocycles. The van der Waals surface area contributed by atoms with Crippen molar-refractivity contribution in [3.05, 3.63) is 18.2 Å². The number of nitrogen functional groups attached to an aromatic ring is 1. The summed E-state index contributed by atoms with van der Waals surface area (Å²) in [6.07, 6.45) is 5.40. The Bertz CT molecular complexity index is 574. The summed E-state index contributed by atoms with van der Waals surface area (Å²) in [7, 11) is 2.20. The number of nitrogens with zero attached hydrogens (tertiary/aromatic N) is 2. The fraction of sp³-hybridized carbons (Fsp3) is 0.533. The lowest BCUT2D eigenvalue weighted by molar-refractivity contribution is 0.254. The number of aromatic nitrogens is 1. The third-order valence-electron chi connectivity index (χ3n) is 4.10. The molecule has 1 aliphatic rings. The molecule has 0 atom stereocenters. The molecule has 0 bridgehead atoms. The zero-order valence-corrected chi connectivity index (χ0v) is 11.9. The minimum atomic E-state index is 0.574. The monoisotopic (exact) mass is 274 g/mol. The highest BCUT2D eigenvalue weighted by molar-refractivity contribution is 5.78. The van der Waals surface area contributed by atoms with Gasteiger partial charge >= 0.3 is 0 Å². The quantitative estimate of drug-likeness (QED) is 0.821. The molecule has 0 saturated heterocycles. The Morgan fingerprint density at radius 1 is 1.40 bits per heavy atom. The number of oxazole rings is 1. The third-order valence-corrected chi connectivity index (χ3v) is 4.10. The van der Waals surface area contributed by atoms with Gasteiger partial charge in [0.15, 0.2) is 5.58 Å². The number of anilines is 2. The number of nitrogens with one attached hydrogen (secondary N) is 1. The normalized spacial score (nSPS) is 16.3. The molecule has 3 N–H and O–H groups in total. The summed E-state index contributed by atoms with van der Waals surface area (Å²) < 4.78 is 5.63. The molecule has 3 rings (SSSR count). The lowest BCUT2D eigenvalue weighted by Crippen LogP contribution is -2.33. The van der Waals surface area contributed by atoms with E-state index in [-0.39, 0.29) is 0 Å². The Kier molecular flexibility index (Phi) is 3.78. The number of nitrogens with two attached hydrogens (primary N) is 1. The van der Waals surface area contributed by atoms with E-state index in [0.29, 0.717) is 11.7 Å². The molecular weight excluding hydrogens is 252 g/mol. The molecule has 5 heteroatoms. The number of likely N-dealkylation sites (N-methyl/N-ethyl adjacent to an activating group) is 1. The van der Waals surface area contributed by atoms with Gasteiger partial charge in [-0.1, -0.05) is 12.8 Å². The Hall–Kier alpha value is -1.75. The van der Waals surface area contributed by atoms with Crippen molar-refractivity contribution in [2.75, 3.05) is 31.2 Å². The molecule has 0 unspecified atom stereocenters. The van der Waals surface area contributed by atoms with Crippen molar-refractivity contribution in [1.29, 1.82) is 0 Å². The van der Waals surface area contributed by atoms with E-state index in [0.717, 1.165) is 30.2 Å². The highest BCUT2D eigenvalue weighted by Crippen LogP contribution is 2.23. The molecule has 0 aliphatic heterocycles. The van der Waals surface area contributed by atoms with Gasteiger partial charge in [-0.25, -0.2) is 0 Å². The molecule has 1 saturated carbocycles. The second kappa shape index (κ2) is 5.71. The van der Waals surface area contributed by atoms with Crippen molar-refractivity contribution in [2.45, 2.75) is 31.7 Å². The molecule has 108 valence electrons. The molecule has 1 fully saturated rings. The van der Waals surface area contributed by atoms with Gasteiger partial charge in [-0.2, -0.15) is 4.98 Å². The van der Waals surface area contributed by atoms with Crippen LogP contribution < -0.4 is 11.1 Å². The van der Waals surface area contributed by atoms with Gasteiger partial charge in [-0.05, 0) is 38.1 Å². The summed E-state index contributed by atoms with van der Waals surface area (Å²) in [6.45, 7) is 1.85. The first kappa shape index (κ1) is 13.2. The largest absolute Gasteiger partial charge is 0.424 e. The molecule has 1 aromatic carbocycles. The van der Waals surface area contributed by atoms with E-state index < -0.39 is 0 Å². The Morgan fingerprint density at radius 3 is 3.00 bits per heavy atom. The van der Waals surface area contributed by atoms with E-state index in [9.17, 15) is 0 Å². The summed E-state index contributed by atoms with van der Waals surface area (Å²) in [4.78, 5) is 6.82. The number of benzene rings is 1. The van der Waals surface area contributed by atoms with Crippen molar-refractivity contribution in [2.24, 2.45) is 0 Å². The maximum absolute atomic E-state index is 5.73. The van der Waals surface area contributed by atoms with Crippen LogP contribution in [0.2, 0.25) is 0 Å². The van der Waals surface area contributed by atoms with Crippen LogP contribution in [0.3, 0.4) is 0 Å². The highest BCUT2D eigenvalue weighted by atomic mass is 16.4. The van der Waals surface area contributed by atoms with Crippen LogP contribution >= 0.6 is 0 Å². The van der Waals surface area contributed by atoms with E-state index in [2.05, 4.69) is 22.2 Å². The van der Waals surface area contributed by atoms with Crippen LogP contribution in [-0.2, 0) is 0 Å². The minimum Gasteiger partial charge on any atom is -0.424 e. The van der Waals surface area contributed by atoms with Gasteiger partial charge < -0.3 is 20.4 Å². The van der Waals surface area contributed by atoms with Crippen molar-refractivity contribution in [3.63, 3.8) is 0 Å². The molecule has 2 aromatic rings. The van der Waals surface area contributed by atoms with Crippen LogP contribution in [0.4, 0.5) is 11.7 Å². The molecule has 0 radical (unpaired) electrons. The second-order valence-electron chi connectivity index (χ2n) is 5.59. The van der Waals surface area contributed by atoms with Crippen LogP contribution in [0, 0.1) is 0 Å². The first-order chi connectivity index (χ1) is 9.72. The van der Waals surface area contributed by atoms with Crippen LogP contribution in [0.5, 0.6) is 0 Å². The zero-order valence-electron chi connectivity index (χ0n) is 11.9. The van der Waals surface area contributed by atoms with Crippen LogP contribution in [-0.4, -0.2) is 36.1 Å². The Labute approximate surface area is 119 Å². The lowest BCUT2D eigenvalue weighted by Gasteiger charge is -2.23. The van der Waals surface area contributed by atoms with E-state index in [1.807, 2.05) is 18.2 Å². The number of hydrogen-bond acceptors (Lipinski definition) is 5. The molecular formula is C15H22N4O. The highest BCUT2D eigenvalue weighted by Gasteiger charge is 2.18. The first-order valence-electron chi connectivity index (χ1n) is 7.32. The zero-order chi connectivity index (χ0) is 13.9. The predicted molar refractivity (Wildman–Crippen MR) is 81.8 cm³/mol. The van der Waals surface area contributed by atoms with Gasteiger partial charge in [0.1, 0.15) is 5.52 Å². The smallest absolute Gasteiger partial charge is 0.295 e. The van der Waals surface area contributed by atoms with Gasteiger partial charge in [0.25, 0.3) is 6.01 Å². The molecule has 20 heavy (non-hydrogen) atoms. The summed E-state index contributed by atoms with van der Waals surface area (Å²) >= 11 is 0. The summed E-state index contributed by atoms with van der Waals surface area (Å²) in [5, 5.41) is 3.25. The fourth-order valence-corrected chi connectivity index (χ4v) is 2.89. The van der Waals surface area contributed by atoms with Crippen molar-refractivity contribution in [1.82, 2.24) is 9.88 Å². The van der Waals surface area contributed by atoms with Gasteiger partial charge in [0.2, 0.25) is 0 Å². The maximum Gasteiger partial charge on any atom is 0.295 e. The van der Waals surface area contributed by atoms with Gasteiger partial charge in [0, 0.05) is 24.8 Å². The maximum atomic E-state index is 5.73. The molecule has 1 aliphatic carbocycles. The molecule has 0 spiro atoms. The first-order valence-corrected chi connectivity index (χ1v) is 7.32. The van der Waals surface area contributed by atoms with Gasteiger partial charge in [0.05, 0.1) is 0 Å². The van der Waals surface area contributed by atoms with Crippen molar-refractivity contribution >= 4 is 22.8 Å². The fourth-order valence-electron chi connectivity index (χ4n) is 2.89. The van der Waals surface area contributed by atoms with E-state index in [1.54, 1.807) is 0 Å². The lowest BCUT2D eigenvalue weighted by atomic mass is 10.2. The van der Waals surface area contributed by atoms with Gasteiger partial charge in [-0.15, -0.1) is 0 Å². The van der Waals surface area contributed by atoms with Crippen molar-refractivity contribution in [3.8, 4) is 0 Å². The molecule has 0 amide bonds. The molecule has 1 heterocycles. The molecule has 5 nitrogen and oxygen atoms in total. The van der Waals surface area contributed by atoms with E-state index in [1.165, 1.54) is 25.7 Å². The van der Waals surface area contributed by atoms with Crippen LogP contribution in [0.15, 0.2) is 22.6 Å². The topological polar surface area (TPSA) is 67.3 Å². The standard InChI is InChI=1S/C15H22N4O/c1-19(12-4-2-3-5-12)9-8-17-15-18-13-10-11(16)6-7-14(13)20-15/h6-7,10,12H,2-5,8-9,16H2,1H3,(H,17,18). The van der Waals surface area contributed by atoms with Crippen LogP contribution in [0.1, 0.15) is 25.7 Å². The predicted octanol–water partition coefficient (Wildman–Crippen LogP) is 2.70. The third kappa shape index (κ3) is 2.88. The summed E-state index contributed by atoms with van der Waals surface area (Å²) in [5.74, 6) is 0. The van der Waals surface area contributed by atoms with Crippen LogP contribution in [0.25, 0.3) is 11.1 Å². The van der Waals surface area contributed by atoms with Gasteiger partial charge in [-0.3, -0.25) is 0 Å². The Balaban J connectivity index is 1.54. The number of hydrogen-bond donors (Lipinski definition) is 2. The Morgan fingerprint density at radius 2 is 2.20 bits per heavy atom. The number of fused-ring (bicyclic) bond motifs is 1. The average molecular weight is 274 g/mol. The number of rotatable bonds is 5. The van der Waals surface area contributed by atoms with Crippen molar-refractivity contribution < 1.29 is 4.42 Å². The second-order valence-corrected chi connectivity index (χ2v) is 5.59. The SMILES string of the molecule is CN(CCNc1nc2cc(N)ccc2o1)C1CCCC1.